The molecule has 1 unspecified atom stereocenters. The van der Waals surface area contributed by atoms with Crippen molar-refractivity contribution in [1.82, 2.24) is 4.90 Å². The summed E-state index contributed by atoms with van der Waals surface area (Å²) < 4.78 is 0.508. The second kappa shape index (κ2) is 6.45. The summed E-state index contributed by atoms with van der Waals surface area (Å²) in [4.78, 5) is 12.8. The average Bonchev–Trinajstić information content (AvgIpc) is 2.41. The second-order valence-corrected chi connectivity index (χ2v) is 5.82. The Bertz CT molecular complexity index is 467. The molecule has 1 aromatic rings. The van der Waals surface area contributed by atoms with Gasteiger partial charge in [-0.25, -0.2) is 0 Å². The van der Waals surface area contributed by atoms with Gasteiger partial charge in [0.2, 0.25) is 0 Å². The highest BCUT2D eigenvalue weighted by molar-refractivity contribution is 9.10. The molecule has 2 rings (SSSR count). The maximum atomic E-state index is 10.9. The number of hydrogen-bond acceptors (Lipinski definition) is 4. The van der Waals surface area contributed by atoms with Crippen LogP contribution in [0.2, 0.25) is 0 Å². The van der Waals surface area contributed by atoms with E-state index in [9.17, 15) is 15.2 Å². The maximum absolute atomic E-state index is 10.9. The number of likely N-dealkylation sites (tertiary alicyclic amines) is 1. The number of nitro benzene ring substituents is 1. The number of nitro groups is 1. The Balaban J connectivity index is 2.06. The molecule has 1 aliphatic heterocycles. The van der Waals surface area contributed by atoms with Gasteiger partial charge in [-0.1, -0.05) is 6.07 Å². The first-order valence-corrected chi connectivity index (χ1v) is 7.15. The summed E-state index contributed by atoms with van der Waals surface area (Å²) in [6, 6.07) is 5.24. The van der Waals surface area contributed by atoms with Crippen LogP contribution in [0, 0.1) is 16.0 Å². The van der Waals surface area contributed by atoms with Crippen LogP contribution < -0.4 is 0 Å². The van der Waals surface area contributed by atoms with Gasteiger partial charge in [0.1, 0.15) is 0 Å². The van der Waals surface area contributed by atoms with Crippen LogP contribution in [0.15, 0.2) is 22.7 Å². The molecule has 1 N–H and O–H groups in total. The molecule has 1 aromatic carbocycles. The third-order valence-electron chi connectivity index (χ3n) is 3.47. The number of piperidine rings is 1. The van der Waals surface area contributed by atoms with E-state index in [-0.39, 0.29) is 17.2 Å². The van der Waals surface area contributed by atoms with E-state index in [0.29, 0.717) is 16.9 Å². The van der Waals surface area contributed by atoms with Crippen molar-refractivity contribution >= 4 is 21.6 Å². The Labute approximate surface area is 120 Å². The number of halogens is 1. The molecule has 1 atom stereocenters. The van der Waals surface area contributed by atoms with Gasteiger partial charge in [0.05, 0.1) is 9.40 Å². The number of rotatable bonds is 4. The summed E-state index contributed by atoms with van der Waals surface area (Å²) >= 11 is 3.19. The Morgan fingerprint density at radius 2 is 2.32 bits per heavy atom. The summed E-state index contributed by atoms with van der Waals surface area (Å²) in [5.41, 5.74) is 1.04. The summed E-state index contributed by atoms with van der Waals surface area (Å²) in [6.07, 6.45) is 2.14. The molecule has 0 spiro atoms. The Kier molecular flexibility index (Phi) is 4.90. The fourth-order valence-electron chi connectivity index (χ4n) is 2.50. The van der Waals surface area contributed by atoms with Gasteiger partial charge in [0, 0.05) is 25.8 Å². The topological polar surface area (TPSA) is 66.6 Å². The molecule has 0 radical (unpaired) electrons. The Hall–Kier alpha value is -0.980. The van der Waals surface area contributed by atoms with E-state index in [1.807, 2.05) is 6.07 Å². The minimum atomic E-state index is -0.375. The van der Waals surface area contributed by atoms with Gasteiger partial charge in [0.15, 0.2) is 0 Å². The molecule has 1 aliphatic rings. The van der Waals surface area contributed by atoms with Crippen LogP contribution in [0.3, 0.4) is 0 Å². The van der Waals surface area contributed by atoms with Crippen molar-refractivity contribution in [2.24, 2.45) is 5.92 Å². The zero-order valence-electron chi connectivity index (χ0n) is 10.6. The SMILES string of the molecule is O=[N+]([O-])c1cc(CN2CCCC(CO)C2)ccc1Br. The van der Waals surface area contributed by atoms with Crippen molar-refractivity contribution in [3.05, 3.63) is 38.3 Å². The minimum absolute atomic E-state index is 0.105. The Morgan fingerprint density at radius 1 is 1.53 bits per heavy atom. The number of benzene rings is 1. The molecule has 0 amide bonds. The van der Waals surface area contributed by atoms with E-state index in [4.69, 9.17) is 0 Å². The van der Waals surface area contributed by atoms with Crippen molar-refractivity contribution in [3.63, 3.8) is 0 Å². The Morgan fingerprint density at radius 3 is 3.00 bits per heavy atom. The first kappa shape index (κ1) is 14.4. The van der Waals surface area contributed by atoms with Gasteiger partial charge in [0.25, 0.3) is 5.69 Å². The van der Waals surface area contributed by atoms with E-state index in [2.05, 4.69) is 20.8 Å². The minimum Gasteiger partial charge on any atom is -0.396 e. The van der Waals surface area contributed by atoms with Crippen LogP contribution in [0.4, 0.5) is 5.69 Å². The summed E-state index contributed by atoms with van der Waals surface area (Å²) in [7, 11) is 0. The number of nitrogens with zero attached hydrogens (tertiary/aromatic N) is 2. The van der Waals surface area contributed by atoms with Crippen molar-refractivity contribution in [2.45, 2.75) is 19.4 Å². The van der Waals surface area contributed by atoms with Crippen LogP contribution in [0.25, 0.3) is 0 Å². The molecular formula is C13H17BrN2O3. The van der Waals surface area contributed by atoms with E-state index in [0.717, 1.165) is 31.5 Å². The molecular weight excluding hydrogens is 312 g/mol. The maximum Gasteiger partial charge on any atom is 0.283 e. The molecule has 1 saturated heterocycles. The molecule has 19 heavy (non-hydrogen) atoms. The zero-order chi connectivity index (χ0) is 13.8. The second-order valence-electron chi connectivity index (χ2n) is 4.97. The summed E-state index contributed by atoms with van der Waals surface area (Å²) in [5.74, 6) is 0.333. The molecule has 5 nitrogen and oxygen atoms in total. The predicted molar refractivity (Wildman–Crippen MR) is 75.9 cm³/mol. The molecule has 104 valence electrons. The summed E-state index contributed by atoms with van der Waals surface area (Å²) in [6.45, 7) is 2.77. The van der Waals surface area contributed by atoms with Crippen LogP contribution in [-0.2, 0) is 6.54 Å². The number of aliphatic hydroxyl groups is 1. The quantitative estimate of drug-likeness (QED) is 0.681. The van der Waals surface area contributed by atoms with Gasteiger partial charge >= 0.3 is 0 Å². The third-order valence-corrected chi connectivity index (χ3v) is 4.15. The lowest BCUT2D eigenvalue weighted by atomic mass is 9.98. The number of aliphatic hydroxyl groups excluding tert-OH is 1. The lowest BCUT2D eigenvalue weighted by molar-refractivity contribution is -0.385. The molecule has 1 heterocycles. The molecule has 6 heteroatoms. The van der Waals surface area contributed by atoms with Crippen molar-refractivity contribution in [3.8, 4) is 0 Å². The normalized spacial score (nSPS) is 20.4. The van der Waals surface area contributed by atoms with Crippen LogP contribution in [0.1, 0.15) is 18.4 Å². The highest BCUT2D eigenvalue weighted by atomic mass is 79.9. The van der Waals surface area contributed by atoms with Gasteiger partial charge in [-0.3, -0.25) is 15.0 Å². The molecule has 1 fully saturated rings. The molecule has 0 aliphatic carbocycles. The van der Waals surface area contributed by atoms with E-state index < -0.39 is 0 Å². The van der Waals surface area contributed by atoms with Crippen LogP contribution in [-0.4, -0.2) is 34.6 Å². The summed E-state index contributed by atoms with van der Waals surface area (Å²) in [5, 5.41) is 20.1. The largest absolute Gasteiger partial charge is 0.396 e. The lowest BCUT2D eigenvalue weighted by Crippen LogP contribution is -2.36. The first-order valence-electron chi connectivity index (χ1n) is 6.36. The molecule has 0 aromatic heterocycles. The highest BCUT2D eigenvalue weighted by Gasteiger charge is 2.20. The lowest BCUT2D eigenvalue weighted by Gasteiger charge is -2.31. The van der Waals surface area contributed by atoms with Gasteiger partial charge in [-0.05, 0) is 52.9 Å². The average molecular weight is 329 g/mol. The zero-order valence-corrected chi connectivity index (χ0v) is 12.2. The van der Waals surface area contributed by atoms with Gasteiger partial charge < -0.3 is 5.11 Å². The molecule has 0 bridgehead atoms. The third kappa shape index (κ3) is 3.75. The predicted octanol–water partition coefficient (Wildman–Crippen LogP) is 2.56. The number of hydrogen-bond donors (Lipinski definition) is 1. The molecule has 0 saturated carbocycles. The van der Waals surface area contributed by atoms with Crippen molar-refractivity contribution in [2.75, 3.05) is 19.7 Å². The van der Waals surface area contributed by atoms with Crippen molar-refractivity contribution < 1.29 is 10.0 Å². The fourth-order valence-corrected chi connectivity index (χ4v) is 2.89. The smallest absolute Gasteiger partial charge is 0.283 e. The van der Waals surface area contributed by atoms with Gasteiger partial charge in [-0.15, -0.1) is 0 Å². The van der Waals surface area contributed by atoms with E-state index >= 15 is 0 Å². The monoisotopic (exact) mass is 328 g/mol. The van der Waals surface area contributed by atoms with E-state index in [1.165, 1.54) is 0 Å². The van der Waals surface area contributed by atoms with Crippen LogP contribution >= 0.6 is 15.9 Å². The van der Waals surface area contributed by atoms with Gasteiger partial charge in [-0.2, -0.15) is 0 Å². The fraction of sp³-hybridized carbons (Fsp3) is 0.538. The van der Waals surface area contributed by atoms with E-state index in [1.54, 1.807) is 12.1 Å². The standard InChI is InChI=1S/C13H17BrN2O3/c14-12-4-3-10(6-13(12)16(18)19)7-15-5-1-2-11(8-15)9-17/h3-4,6,11,17H,1-2,5,7-9H2. The highest BCUT2D eigenvalue weighted by Crippen LogP contribution is 2.27. The van der Waals surface area contributed by atoms with Crippen LogP contribution in [0.5, 0.6) is 0 Å². The first-order chi connectivity index (χ1) is 9.10. The van der Waals surface area contributed by atoms with Crippen molar-refractivity contribution in [1.29, 1.82) is 0 Å².